The Morgan fingerprint density at radius 2 is 1.76 bits per heavy atom. The number of carboxylic acids is 1. The number of carbonyl (C=O) groups excluding carboxylic acids is 1. The van der Waals surface area contributed by atoms with Gasteiger partial charge >= 0.3 is 5.97 Å². The summed E-state index contributed by atoms with van der Waals surface area (Å²) in [6.45, 7) is 0. The van der Waals surface area contributed by atoms with Crippen molar-refractivity contribution in [1.29, 1.82) is 0 Å². The van der Waals surface area contributed by atoms with E-state index < -0.39 is 22.5 Å². The smallest absolute Gasteiger partial charge is 0.358 e. The minimum atomic E-state index is -1.33. The van der Waals surface area contributed by atoms with Crippen LogP contribution in [-0.2, 0) is 0 Å². The number of anilines is 1. The van der Waals surface area contributed by atoms with E-state index in [1.54, 1.807) is 0 Å². The summed E-state index contributed by atoms with van der Waals surface area (Å²) in [6.07, 6.45) is 2.42. The molecule has 9 nitrogen and oxygen atoms in total. The molecule has 1 aromatic heterocycles. The van der Waals surface area contributed by atoms with Gasteiger partial charge in [0.2, 0.25) is 0 Å². The van der Waals surface area contributed by atoms with Crippen molar-refractivity contribution in [2.24, 2.45) is 0 Å². The Hall–Kier alpha value is -3.36. The Balaban J connectivity index is 2.22. The van der Waals surface area contributed by atoms with Crippen LogP contribution in [0.15, 0.2) is 36.7 Å². The predicted octanol–water partition coefficient (Wildman–Crippen LogP) is 1.34. The largest absolute Gasteiger partial charge is 0.476 e. The molecule has 0 spiro atoms. The average molecular weight is 288 g/mol. The van der Waals surface area contributed by atoms with E-state index in [9.17, 15) is 19.7 Å². The van der Waals surface area contributed by atoms with E-state index in [4.69, 9.17) is 5.11 Å². The van der Waals surface area contributed by atoms with E-state index >= 15 is 0 Å². The number of carbonyl (C=O) groups is 2. The molecule has 0 unspecified atom stereocenters. The second-order valence-electron chi connectivity index (χ2n) is 3.82. The van der Waals surface area contributed by atoms with Crippen molar-refractivity contribution in [3.63, 3.8) is 0 Å². The number of amides is 1. The zero-order valence-electron chi connectivity index (χ0n) is 10.4. The normalized spacial score (nSPS) is 9.90. The fourth-order valence-corrected chi connectivity index (χ4v) is 1.50. The molecule has 106 valence electrons. The van der Waals surface area contributed by atoms with Gasteiger partial charge in [0.05, 0.1) is 4.92 Å². The Kier molecular flexibility index (Phi) is 3.84. The lowest BCUT2D eigenvalue weighted by atomic mass is 10.2. The third-order valence-electron chi connectivity index (χ3n) is 2.47. The molecule has 21 heavy (non-hydrogen) atoms. The molecule has 0 aliphatic carbocycles. The zero-order chi connectivity index (χ0) is 15.4. The van der Waals surface area contributed by atoms with Crippen LogP contribution in [-0.4, -0.2) is 31.9 Å². The van der Waals surface area contributed by atoms with Gasteiger partial charge in [-0.3, -0.25) is 14.9 Å². The fraction of sp³-hybridized carbons (Fsp3) is 0. The number of nitro groups is 1. The monoisotopic (exact) mass is 288 g/mol. The quantitative estimate of drug-likeness (QED) is 0.639. The number of hydrogen-bond donors (Lipinski definition) is 2. The summed E-state index contributed by atoms with van der Waals surface area (Å²) < 4.78 is 0. The molecule has 1 aromatic carbocycles. The van der Waals surface area contributed by atoms with Crippen LogP contribution in [0.5, 0.6) is 0 Å². The number of aromatic nitrogens is 2. The summed E-state index contributed by atoms with van der Waals surface area (Å²) in [6, 6.07) is 4.85. The maximum absolute atomic E-state index is 11.9. The molecule has 0 saturated carbocycles. The van der Waals surface area contributed by atoms with Gasteiger partial charge in [-0.25, -0.2) is 14.8 Å². The summed E-state index contributed by atoms with van der Waals surface area (Å²) >= 11 is 0. The standard InChI is InChI=1S/C12H8N4O5/c17-11(7-1-3-8(4-2-7)16(20)21)15-10-9(12(18)19)13-5-6-14-10/h1-6H,(H,18,19)(H,14,15,17). The summed E-state index contributed by atoms with van der Waals surface area (Å²) in [5.74, 6) is -2.18. The summed E-state index contributed by atoms with van der Waals surface area (Å²) in [4.78, 5) is 40.1. The van der Waals surface area contributed by atoms with E-state index in [0.717, 1.165) is 0 Å². The molecule has 9 heteroatoms. The number of hydrogen-bond acceptors (Lipinski definition) is 6. The molecule has 0 atom stereocenters. The third-order valence-corrected chi connectivity index (χ3v) is 2.47. The van der Waals surface area contributed by atoms with Gasteiger partial charge < -0.3 is 10.4 Å². The van der Waals surface area contributed by atoms with E-state index in [-0.39, 0.29) is 17.1 Å². The van der Waals surface area contributed by atoms with Crippen LogP contribution in [0.2, 0.25) is 0 Å². The van der Waals surface area contributed by atoms with Gasteiger partial charge in [-0.05, 0) is 12.1 Å². The van der Waals surface area contributed by atoms with Crippen molar-refractivity contribution in [1.82, 2.24) is 9.97 Å². The average Bonchev–Trinajstić information content (AvgIpc) is 2.47. The Labute approximate surface area is 117 Å². The number of nitrogens with zero attached hydrogens (tertiary/aromatic N) is 3. The first-order valence-electron chi connectivity index (χ1n) is 5.59. The molecule has 0 bridgehead atoms. The van der Waals surface area contributed by atoms with Crippen molar-refractivity contribution in [2.45, 2.75) is 0 Å². The number of nitrogens with one attached hydrogen (secondary N) is 1. The van der Waals surface area contributed by atoms with Crippen LogP contribution < -0.4 is 5.32 Å². The minimum Gasteiger partial charge on any atom is -0.476 e. The molecule has 0 aliphatic heterocycles. The van der Waals surface area contributed by atoms with Crippen LogP contribution in [0.25, 0.3) is 0 Å². The first kappa shape index (κ1) is 14.1. The first-order chi connectivity index (χ1) is 9.99. The molecular weight excluding hydrogens is 280 g/mol. The lowest BCUT2D eigenvalue weighted by molar-refractivity contribution is -0.384. The number of benzene rings is 1. The van der Waals surface area contributed by atoms with Gasteiger partial charge in [0, 0.05) is 30.1 Å². The molecule has 1 heterocycles. The molecule has 2 rings (SSSR count). The van der Waals surface area contributed by atoms with Crippen molar-refractivity contribution in [3.05, 3.63) is 58.0 Å². The van der Waals surface area contributed by atoms with Crippen molar-refractivity contribution >= 4 is 23.4 Å². The number of non-ortho nitro benzene ring substituents is 1. The lowest BCUT2D eigenvalue weighted by Crippen LogP contribution is -2.17. The van der Waals surface area contributed by atoms with Crippen LogP contribution in [0, 0.1) is 10.1 Å². The number of aromatic carboxylic acids is 1. The van der Waals surface area contributed by atoms with Crippen molar-refractivity contribution < 1.29 is 19.6 Å². The minimum absolute atomic E-state index is 0.127. The summed E-state index contributed by atoms with van der Waals surface area (Å²) in [5, 5.41) is 21.7. The van der Waals surface area contributed by atoms with Crippen LogP contribution in [0.1, 0.15) is 20.8 Å². The molecule has 2 aromatic rings. The zero-order valence-corrected chi connectivity index (χ0v) is 10.4. The van der Waals surface area contributed by atoms with Crippen molar-refractivity contribution in [3.8, 4) is 0 Å². The van der Waals surface area contributed by atoms with Gasteiger partial charge in [-0.1, -0.05) is 0 Å². The SMILES string of the molecule is O=C(Nc1nccnc1C(=O)O)c1ccc([N+](=O)[O-])cc1. The van der Waals surface area contributed by atoms with Crippen LogP contribution in [0.3, 0.4) is 0 Å². The topological polar surface area (TPSA) is 135 Å². The molecule has 0 saturated heterocycles. The predicted molar refractivity (Wildman–Crippen MR) is 70.0 cm³/mol. The van der Waals surface area contributed by atoms with Crippen molar-refractivity contribution in [2.75, 3.05) is 5.32 Å². The molecule has 1 amide bonds. The van der Waals surface area contributed by atoms with Crippen LogP contribution >= 0.6 is 0 Å². The molecule has 2 N–H and O–H groups in total. The highest BCUT2D eigenvalue weighted by atomic mass is 16.6. The van der Waals surface area contributed by atoms with E-state index in [2.05, 4.69) is 15.3 Å². The molecule has 0 radical (unpaired) electrons. The first-order valence-corrected chi connectivity index (χ1v) is 5.59. The second-order valence-corrected chi connectivity index (χ2v) is 3.82. The van der Waals surface area contributed by atoms with Gasteiger partial charge in [0.25, 0.3) is 11.6 Å². The Morgan fingerprint density at radius 1 is 1.14 bits per heavy atom. The Morgan fingerprint density at radius 3 is 2.33 bits per heavy atom. The van der Waals surface area contributed by atoms with Gasteiger partial charge in [0.1, 0.15) is 0 Å². The number of rotatable bonds is 4. The van der Waals surface area contributed by atoms with E-state index in [1.807, 2.05) is 0 Å². The molecule has 0 fully saturated rings. The van der Waals surface area contributed by atoms with E-state index in [1.165, 1.54) is 36.7 Å². The maximum Gasteiger partial charge on any atom is 0.358 e. The molecule has 0 aliphatic rings. The molecular formula is C12H8N4O5. The van der Waals surface area contributed by atoms with Gasteiger partial charge in [-0.15, -0.1) is 0 Å². The summed E-state index contributed by atoms with van der Waals surface area (Å²) in [7, 11) is 0. The fourth-order valence-electron chi connectivity index (χ4n) is 1.50. The van der Waals surface area contributed by atoms with Gasteiger partial charge in [0.15, 0.2) is 11.5 Å². The summed E-state index contributed by atoms with van der Waals surface area (Å²) in [5.41, 5.74) is -0.423. The Bertz CT molecular complexity index is 714. The number of nitro benzene ring substituents is 1. The third kappa shape index (κ3) is 3.15. The number of carboxylic acid groups (broad SMARTS) is 1. The van der Waals surface area contributed by atoms with E-state index in [0.29, 0.717) is 0 Å². The maximum atomic E-state index is 11.9. The highest BCUT2D eigenvalue weighted by molar-refractivity contribution is 6.06. The highest BCUT2D eigenvalue weighted by Gasteiger charge is 2.16. The second kappa shape index (κ2) is 5.74. The van der Waals surface area contributed by atoms with Gasteiger partial charge in [-0.2, -0.15) is 0 Å². The van der Waals surface area contributed by atoms with Crippen LogP contribution in [0.4, 0.5) is 11.5 Å². The lowest BCUT2D eigenvalue weighted by Gasteiger charge is -2.06. The highest BCUT2D eigenvalue weighted by Crippen LogP contribution is 2.14.